The third-order valence-corrected chi connectivity index (χ3v) is 3.81. The highest BCUT2D eigenvalue weighted by Gasteiger charge is 2.38. The Balaban J connectivity index is 2.12. The molecule has 1 fully saturated rings. The molecule has 0 aliphatic heterocycles. The molecule has 0 radical (unpaired) electrons. The third kappa shape index (κ3) is 2.71. The first-order valence-corrected chi connectivity index (χ1v) is 6.11. The Morgan fingerprint density at radius 3 is 2.60 bits per heavy atom. The van der Waals surface area contributed by atoms with Crippen LogP contribution in [-0.2, 0) is 5.41 Å². The summed E-state index contributed by atoms with van der Waals surface area (Å²) in [5, 5.41) is 0.169. The maximum Gasteiger partial charge on any atom is 0.114 e. The highest BCUT2D eigenvalue weighted by molar-refractivity contribution is 8.00. The van der Waals surface area contributed by atoms with Gasteiger partial charge < -0.3 is 0 Å². The van der Waals surface area contributed by atoms with Crippen LogP contribution in [0, 0.1) is 0 Å². The Morgan fingerprint density at radius 2 is 2.07 bits per heavy atom. The van der Waals surface area contributed by atoms with Crippen molar-refractivity contribution in [2.75, 3.05) is 0 Å². The molecule has 1 heterocycles. The van der Waals surface area contributed by atoms with E-state index in [2.05, 4.69) is 31.8 Å². The molecule has 2 rings (SSSR count). The molecule has 1 saturated carbocycles. The zero-order valence-corrected chi connectivity index (χ0v) is 10.1. The molecule has 0 saturated heterocycles. The Labute approximate surface area is 94.5 Å². The van der Waals surface area contributed by atoms with Gasteiger partial charge >= 0.3 is 0 Å². The van der Waals surface area contributed by atoms with E-state index in [-0.39, 0.29) is 10.7 Å². The molecule has 0 aromatic carbocycles. The van der Waals surface area contributed by atoms with Crippen molar-refractivity contribution in [1.82, 2.24) is 4.98 Å². The summed E-state index contributed by atoms with van der Waals surface area (Å²) in [5.41, 5.74) is 1.32. The van der Waals surface area contributed by atoms with Gasteiger partial charge in [-0.1, -0.05) is 20.8 Å². The van der Waals surface area contributed by atoms with Crippen molar-refractivity contribution in [2.24, 2.45) is 0 Å². The summed E-state index contributed by atoms with van der Waals surface area (Å²) in [6.45, 7) is 6.48. The smallest absolute Gasteiger partial charge is 0.114 e. The largest absolute Gasteiger partial charge is 0.263 e. The van der Waals surface area contributed by atoms with Gasteiger partial charge in [-0.15, -0.1) is 11.8 Å². The van der Waals surface area contributed by atoms with E-state index in [0.717, 1.165) is 4.90 Å². The summed E-state index contributed by atoms with van der Waals surface area (Å²) < 4.78 is 12.8. The number of halogens is 1. The van der Waals surface area contributed by atoms with E-state index >= 15 is 0 Å². The second-order valence-corrected chi connectivity index (χ2v) is 6.38. The summed E-state index contributed by atoms with van der Waals surface area (Å²) in [5.74, 6) is 0. The number of alkyl halides is 1. The van der Waals surface area contributed by atoms with Crippen molar-refractivity contribution >= 4 is 11.8 Å². The minimum Gasteiger partial charge on any atom is -0.263 e. The van der Waals surface area contributed by atoms with Crippen molar-refractivity contribution < 1.29 is 4.39 Å². The number of rotatable bonds is 2. The Bertz CT molecular complexity index is 359. The first kappa shape index (κ1) is 10.9. The molecular formula is C12H16FNS. The van der Waals surface area contributed by atoms with Crippen molar-refractivity contribution in [1.29, 1.82) is 0 Å². The van der Waals surface area contributed by atoms with Crippen molar-refractivity contribution in [3.63, 3.8) is 0 Å². The lowest BCUT2D eigenvalue weighted by Crippen LogP contribution is -2.11. The maximum absolute atomic E-state index is 12.8. The summed E-state index contributed by atoms with van der Waals surface area (Å²) in [7, 11) is 0. The van der Waals surface area contributed by atoms with E-state index in [4.69, 9.17) is 0 Å². The second kappa shape index (κ2) is 3.78. The molecule has 2 atom stereocenters. The minimum absolute atomic E-state index is 0.113. The van der Waals surface area contributed by atoms with Gasteiger partial charge in [-0.05, 0) is 23.5 Å². The number of hydrogen-bond acceptors (Lipinski definition) is 2. The van der Waals surface area contributed by atoms with E-state index in [9.17, 15) is 4.39 Å². The molecule has 2 unspecified atom stereocenters. The van der Waals surface area contributed by atoms with Gasteiger partial charge in [0.05, 0.1) is 0 Å². The van der Waals surface area contributed by atoms with Gasteiger partial charge in [-0.25, -0.2) is 4.39 Å². The van der Waals surface area contributed by atoms with Crippen molar-refractivity contribution in [2.45, 2.75) is 48.9 Å². The van der Waals surface area contributed by atoms with Gasteiger partial charge in [0.1, 0.15) is 6.17 Å². The maximum atomic E-state index is 12.8. The quantitative estimate of drug-likeness (QED) is 0.763. The van der Waals surface area contributed by atoms with Gasteiger partial charge in [-0.3, -0.25) is 4.98 Å². The topological polar surface area (TPSA) is 12.9 Å². The number of pyridine rings is 1. The highest BCUT2D eigenvalue weighted by atomic mass is 32.2. The average Bonchev–Trinajstić information content (AvgIpc) is 2.81. The second-order valence-electron chi connectivity index (χ2n) is 5.07. The first-order valence-electron chi connectivity index (χ1n) is 5.23. The van der Waals surface area contributed by atoms with Crippen LogP contribution in [-0.4, -0.2) is 16.4 Å². The van der Waals surface area contributed by atoms with E-state index in [1.807, 2.05) is 12.4 Å². The third-order valence-electron chi connectivity index (χ3n) is 2.52. The number of nitrogens with zero attached hydrogens (tertiary/aromatic N) is 1. The predicted molar refractivity (Wildman–Crippen MR) is 62.1 cm³/mol. The fourth-order valence-corrected chi connectivity index (χ4v) is 2.43. The van der Waals surface area contributed by atoms with Gasteiger partial charge in [0, 0.05) is 22.5 Å². The normalized spacial score (nSPS) is 25.3. The van der Waals surface area contributed by atoms with Gasteiger partial charge in [0.15, 0.2) is 0 Å². The van der Waals surface area contributed by atoms with E-state index in [1.54, 1.807) is 11.8 Å². The Kier molecular flexibility index (Phi) is 2.75. The zero-order chi connectivity index (χ0) is 11.1. The predicted octanol–water partition coefficient (Wildman–Crippen LogP) is 3.58. The zero-order valence-electron chi connectivity index (χ0n) is 9.33. The number of thioether (sulfide) groups is 1. The highest BCUT2D eigenvalue weighted by Crippen LogP contribution is 2.42. The van der Waals surface area contributed by atoms with E-state index in [1.165, 1.54) is 5.56 Å². The molecule has 1 aromatic heterocycles. The molecule has 1 aliphatic carbocycles. The van der Waals surface area contributed by atoms with Crippen LogP contribution < -0.4 is 0 Å². The molecule has 1 aromatic rings. The summed E-state index contributed by atoms with van der Waals surface area (Å²) >= 11 is 1.61. The van der Waals surface area contributed by atoms with E-state index < -0.39 is 6.17 Å². The van der Waals surface area contributed by atoms with Crippen molar-refractivity contribution in [3.05, 3.63) is 24.0 Å². The monoisotopic (exact) mass is 225 g/mol. The lowest BCUT2D eigenvalue weighted by molar-refractivity contribution is 0.482. The van der Waals surface area contributed by atoms with Crippen LogP contribution in [0.1, 0.15) is 32.8 Å². The molecule has 3 heteroatoms. The molecule has 1 aliphatic rings. The van der Waals surface area contributed by atoms with Crippen LogP contribution in [0.3, 0.4) is 0 Å². The lowest BCUT2D eigenvalue weighted by atomic mass is 9.88. The molecule has 82 valence electrons. The summed E-state index contributed by atoms with van der Waals surface area (Å²) in [6, 6.07) is 2.13. The molecule has 0 spiro atoms. The Hall–Kier alpha value is -0.570. The van der Waals surface area contributed by atoms with Gasteiger partial charge in [0.25, 0.3) is 0 Å². The van der Waals surface area contributed by atoms with Crippen LogP contribution in [0.4, 0.5) is 4.39 Å². The number of hydrogen-bond donors (Lipinski definition) is 0. The summed E-state index contributed by atoms with van der Waals surface area (Å²) in [4.78, 5) is 5.30. The van der Waals surface area contributed by atoms with Crippen LogP contribution >= 0.6 is 11.8 Å². The molecule has 15 heavy (non-hydrogen) atoms. The average molecular weight is 225 g/mol. The van der Waals surface area contributed by atoms with E-state index in [0.29, 0.717) is 6.42 Å². The minimum atomic E-state index is -0.603. The van der Waals surface area contributed by atoms with Crippen LogP contribution in [0.5, 0.6) is 0 Å². The van der Waals surface area contributed by atoms with Crippen LogP contribution in [0.2, 0.25) is 0 Å². The molecular weight excluding hydrogens is 209 g/mol. The van der Waals surface area contributed by atoms with Crippen molar-refractivity contribution in [3.8, 4) is 0 Å². The molecule has 0 bridgehead atoms. The SMILES string of the molecule is CC(C)(C)c1cncc(SC2CC2F)c1. The van der Waals surface area contributed by atoms with Gasteiger partial charge in [0.2, 0.25) is 0 Å². The standard InChI is InChI=1S/C12H16FNS/c1-12(2,3)8-4-9(7-14-6-8)15-11-5-10(11)13/h4,6-7,10-11H,5H2,1-3H3. The Morgan fingerprint density at radius 1 is 1.40 bits per heavy atom. The van der Waals surface area contributed by atoms with Gasteiger partial charge in [-0.2, -0.15) is 0 Å². The first-order chi connectivity index (χ1) is 6.97. The fourth-order valence-electron chi connectivity index (χ4n) is 1.33. The molecule has 0 N–H and O–H groups in total. The fraction of sp³-hybridized carbons (Fsp3) is 0.583. The molecule has 0 amide bonds. The van der Waals surface area contributed by atoms with Crippen LogP contribution in [0.25, 0.3) is 0 Å². The molecule has 1 nitrogen and oxygen atoms in total. The number of aromatic nitrogens is 1. The summed E-state index contributed by atoms with van der Waals surface area (Å²) in [6.07, 6.45) is 3.81. The van der Waals surface area contributed by atoms with Crippen LogP contribution in [0.15, 0.2) is 23.4 Å². The lowest BCUT2D eigenvalue weighted by Gasteiger charge is -2.18.